The van der Waals surface area contributed by atoms with E-state index in [1.807, 2.05) is 34.1 Å². The Hall–Kier alpha value is -3.19. The van der Waals surface area contributed by atoms with Gasteiger partial charge in [-0.1, -0.05) is 30.3 Å². The van der Waals surface area contributed by atoms with Crippen LogP contribution in [0.2, 0.25) is 0 Å². The Bertz CT molecular complexity index is 1400. The minimum Gasteiger partial charge on any atom is -0.395 e. The molecule has 5 rings (SSSR count). The van der Waals surface area contributed by atoms with Crippen LogP contribution in [0.3, 0.4) is 0 Å². The van der Waals surface area contributed by atoms with Crippen LogP contribution in [0.5, 0.6) is 0 Å². The number of para-hydroxylation sites is 2. The first-order valence-electron chi connectivity index (χ1n) is 13.1. The van der Waals surface area contributed by atoms with Crippen molar-refractivity contribution >= 4 is 40.2 Å². The number of fused-ring (bicyclic) bond motifs is 2. The Balaban J connectivity index is 1.35. The molecule has 1 saturated heterocycles. The maximum Gasteiger partial charge on any atom is 0.446 e. The molecular weight excluding hydrogens is 543 g/mol. The highest BCUT2D eigenvalue weighted by Crippen LogP contribution is 2.40. The number of anilines is 1. The average Bonchev–Trinajstić information content (AvgIpc) is 2.92. The van der Waals surface area contributed by atoms with Gasteiger partial charge in [0.25, 0.3) is 5.91 Å². The molecule has 40 heavy (non-hydrogen) atoms. The van der Waals surface area contributed by atoms with Crippen molar-refractivity contribution in [2.24, 2.45) is 0 Å². The van der Waals surface area contributed by atoms with E-state index in [4.69, 9.17) is 4.98 Å². The number of nitrogens with one attached hydrogen (secondary N) is 1. The second-order valence-electron chi connectivity index (χ2n) is 9.84. The van der Waals surface area contributed by atoms with E-state index < -0.39 is 11.4 Å². The van der Waals surface area contributed by atoms with E-state index in [1.165, 1.54) is 18.2 Å². The van der Waals surface area contributed by atoms with E-state index in [2.05, 4.69) is 10.2 Å². The molecule has 2 aliphatic heterocycles. The number of thioether (sulfide) groups is 1. The summed E-state index contributed by atoms with van der Waals surface area (Å²) in [6, 6.07) is 13.4. The smallest absolute Gasteiger partial charge is 0.395 e. The second kappa shape index (κ2) is 12.1. The maximum absolute atomic E-state index is 13.9. The largest absolute Gasteiger partial charge is 0.446 e. The number of carbonyl (C=O) groups is 2. The van der Waals surface area contributed by atoms with Gasteiger partial charge in [-0.05, 0) is 30.0 Å². The monoisotopic (exact) mass is 573 g/mol. The van der Waals surface area contributed by atoms with Gasteiger partial charge in [0.15, 0.2) is 0 Å². The van der Waals surface area contributed by atoms with Crippen LogP contribution < -0.4 is 5.32 Å². The highest BCUT2D eigenvalue weighted by molar-refractivity contribution is 8.00. The summed E-state index contributed by atoms with van der Waals surface area (Å²) in [6.45, 7) is 3.92. The van der Waals surface area contributed by atoms with Crippen LogP contribution in [0.1, 0.15) is 21.6 Å². The Morgan fingerprint density at radius 1 is 0.975 bits per heavy atom. The molecule has 1 fully saturated rings. The van der Waals surface area contributed by atoms with E-state index >= 15 is 0 Å². The number of rotatable bonds is 7. The SMILES string of the molecule is O=C(CN1CCc2nc3ccccc3c(C(=O)N3CCN(CCO)CC3)c2C1)Nc1ccccc1SC(F)(F)F. The first-order chi connectivity index (χ1) is 19.2. The number of benzene rings is 2. The number of alkyl halides is 3. The summed E-state index contributed by atoms with van der Waals surface area (Å²) in [5, 5.41) is 12.6. The lowest BCUT2D eigenvalue weighted by molar-refractivity contribution is -0.117. The van der Waals surface area contributed by atoms with E-state index in [9.17, 15) is 27.9 Å². The predicted molar refractivity (Wildman–Crippen MR) is 147 cm³/mol. The van der Waals surface area contributed by atoms with Crippen LogP contribution in [-0.4, -0.2) is 94.5 Å². The van der Waals surface area contributed by atoms with Gasteiger partial charge in [0.2, 0.25) is 5.91 Å². The third-order valence-corrected chi connectivity index (χ3v) is 7.98. The van der Waals surface area contributed by atoms with Crippen molar-refractivity contribution < 1.29 is 27.9 Å². The van der Waals surface area contributed by atoms with Gasteiger partial charge in [-0.2, -0.15) is 13.2 Å². The van der Waals surface area contributed by atoms with Crippen molar-refractivity contribution in [3.63, 3.8) is 0 Å². The molecule has 2 aromatic carbocycles. The lowest BCUT2D eigenvalue weighted by Crippen LogP contribution is -2.49. The normalized spacial score (nSPS) is 16.6. The molecule has 8 nitrogen and oxygen atoms in total. The van der Waals surface area contributed by atoms with Crippen molar-refractivity contribution in [2.45, 2.75) is 23.4 Å². The van der Waals surface area contributed by atoms with E-state index in [0.717, 1.165) is 22.2 Å². The van der Waals surface area contributed by atoms with Crippen molar-refractivity contribution in [1.82, 2.24) is 19.7 Å². The molecule has 0 radical (unpaired) electrons. The molecular formula is C28H30F3N5O3S. The lowest BCUT2D eigenvalue weighted by atomic mass is 9.94. The summed E-state index contributed by atoms with van der Waals surface area (Å²) < 4.78 is 38.9. The van der Waals surface area contributed by atoms with E-state index in [0.29, 0.717) is 57.8 Å². The third kappa shape index (κ3) is 6.57. The van der Waals surface area contributed by atoms with Gasteiger partial charge in [-0.3, -0.25) is 24.4 Å². The van der Waals surface area contributed by atoms with Crippen LogP contribution in [0.15, 0.2) is 53.4 Å². The van der Waals surface area contributed by atoms with Crippen LogP contribution in [0.4, 0.5) is 18.9 Å². The van der Waals surface area contributed by atoms with E-state index in [-0.39, 0.29) is 41.4 Å². The fraction of sp³-hybridized carbons (Fsp3) is 0.393. The minimum atomic E-state index is -4.47. The van der Waals surface area contributed by atoms with Crippen LogP contribution in [-0.2, 0) is 17.8 Å². The Kier molecular flexibility index (Phi) is 8.60. The first-order valence-corrected chi connectivity index (χ1v) is 13.9. The fourth-order valence-corrected chi connectivity index (χ4v) is 5.90. The molecule has 0 atom stereocenters. The topological polar surface area (TPSA) is 89.0 Å². The Morgan fingerprint density at radius 2 is 1.70 bits per heavy atom. The first kappa shape index (κ1) is 28.3. The molecule has 3 aromatic rings. The molecule has 0 spiro atoms. The standard InChI is InChI=1S/C28H30F3N5O3S/c29-28(30,31)40-24-8-4-3-7-23(24)33-25(38)18-35-10-9-22-20(17-35)26(19-5-1-2-6-21(19)32-22)27(39)36-13-11-34(12-14-36)15-16-37/h1-8,37H,9-18H2,(H,33,38). The van der Waals surface area contributed by atoms with Gasteiger partial charge in [-0.25, -0.2) is 0 Å². The van der Waals surface area contributed by atoms with Crippen molar-refractivity contribution in [2.75, 3.05) is 57.7 Å². The van der Waals surface area contributed by atoms with Gasteiger partial charge in [0.05, 0.1) is 29.9 Å². The quantitative estimate of drug-likeness (QED) is 0.418. The summed E-state index contributed by atoms with van der Waals surface area (Å²) in [5.41, 5.74) is -1.42. The number of aliphatic hydroxyl groups is 1. The summed E-state index contributed by atoms with van der Waals surface area (Å²) in [7, 11) is 0. The third-order valence-electron chi connectivity index (χ3n) is 7.17. The van der Waals surface area contributed by atoms with Gasteiger partial charge < -0.3 is 15.3 Å². The van der Waals surface area contributed by atoms with Gasteiger partial charge in [0.1, 0.15) is 0 Å². The molecule has 212 valence electrons. The van der Waals surface area contributed by atoms with Gasteiger partial charge in [-0.15, -0.1) is 0 Å². The maximum atomic E-state index is 13.9. The second-order valence-corrected chi connectivity index (χ2v) is 10.9. The van der Waals surface area contributed by atoms with Gasteiger partial charge >= 0.3 is 5.51 Å². The zero-order valence-electron chi connectivity index (χ0n) is 21.8. The number of pyridine rings is 1. The molecule has 2 amide bonds. The predicted octanol–water partition coefficient (Wildman–Crippen LogP) is 3.59. The van der Waals surface area contributed by atoms with Crippen LogP contribution in [0, 0.1) is 0 Å². The lowest BCUT2D eigenvalue weighted by Gasteiger charge is -2.36. The molecule has 0 bridgehead atoms. The molecule has 0 aliphatic carbocycles. The highest BCUT2D eigenvalue weighted by atomic mass is 32.2. The Labute approximate surface area is 234 Å². The molecule has 1 aromatic heterocycles. The van der Waals surface area contributed by atoms with Crippen LogP contribution >= 0.6 is 11.8 Å². The molecule has 12 heteroatoms. The van der Waals surface area contributed by atoms with Crippen molar-refractivity contribution in [3.05, 3.63) is 65.4 Å². The van der Waals surface area contributed by atoms with E-state index in [1.54, 1.807) is 6.07 Å². The number of piperazine rings is 1. The number of amides is 2. The molecule has 2 aliphatic rings. The zero-order valence-corrected chi connectivity index (χ0v) is 22.6. The summed E-state index contributed by atoms with van der Waals surface area (Å²) in [6.07, 6.45) is 0.540. The average molecular weight is 574 g/mol. The highest BCUT2D eigenvalue weighted by Gasteiger charge is 2.32. The number of aliphatic hydroxyl groups excluding tert-OH is 1. The number of hydrogen-bond donors (Lipinski definition) is 2. The molecule has 0 unspecified atom stereocenters. The molecule has 3 heterocycles. The minimum absolute atomic E-state index is 0.0370. The number of nitrogens with zero attached hydrogens (tertiary/aromatic N) is 4. The van der Waals surface area contributed by atoms with Crippen molar-refractivity contribution in [1.29, 1.82) is 0 Å². The Morgan fingerprint density at radius 3 is 2.45 bits per heavy atom. The molecule has 2 N–H and O–H groups in total. The fourth-order valence-electron chi connectivity index (χ4n) is 5.28. The zero-order chi connectivity index (χ0) is 28.3. The number of aromatic nitrogens is 1. The number of β-amino-alcohol motifs (C(OH)–C–C–N with tert-alkyl or cyclic N) is 1. The number of hydrogen-bond acceptors (Lipinski definition) is 7. The van der Waals surface area contributed by atoms with Crippen molar-refractivity contribution in [3.8, 4) is 0 Å². The van der Waals surface area contributed by atoms with Gasteiger partial charge in [0, 0.05) is 73.8 Å². The summed E-state index contributed by atoms with van der Waals surface area (Å²) in [4.78, 5) is 37.4. The number of carbonyl (C=O) groups excluding carboxylic acids is 2. The van der Waals surface area contributed by atoms with Crippen LogP contribution in [0.25, 0.3) is 10.9 Å². The number of halogens is 3. The summed E-state index contributed by atoms with van der Waals surface area (Å²) in [5.74, 6) is -0.511. The summed E-state index contributed by atoms with van der Waals surface area (Å²) >= 11 is -0.266. The molecule has 0 saturated carbocycles.